The molecule has 1 aliphatic heterocycles. The van der Waals surface area contributed by atoms with Crippen molar-refractivity contribution in [3.63, 3.8) is 0 Å². The Morgan fingerprint density at radius 1 is 1.44 bits per heavy atom. The maximum Gasteiger partial charge on any atom is 0.249 e. The zero-order chi connectivity index (χ0) is 12.1. The molecule has 2 amide bonds. The zero-order valence-corrected chi connectivity index (χ0v) is 9.73. The highest BCUT2D eigenvalue weighted by Crippen LogP contribution is 2.18. The van der Waals surface area contributed by atoms with E-state index in [-0.39, 0.29) is 24.5 Å². The Bertz CT molecular complexity index is 268. The summed E-state index contributed by atoms with van der Waals surface area (Å²) in [6.45, 7) is 0.444. The fourth-order valence-electron chi connectivity index (χ4n) is 1.51. The third kappa shape index (κ3) is 3.46. The van der Waals surface area contributed by atoms with Gasteiger partial charge in [-0.05, 0) is 12.8 Å². The van der Waals surface area contributed by atoms with E-state index < -0.39 is 6.10 Å². The summed E-state index contributed by atoms with van der Waals surface area (Å²) in [4.78, 5) is 24.2. The average molecular weight is 229 g/mol. The minimum absolute atomic E-state index is 0.0129. The standard InChI is InChI=1S/C10H19N3O3/c1-13(2)9(14)6-12-10(15)8-4-3-7(5-11)16-8/h7-8H,3-6,11H2,1-2H3,(H,12,15). The Morgan fingerprint density at radius 2 is 2.12 bits per heavy atom. The molecule has 16 heavy (non-hydrogen) atoms. The summed E-state index contributed by atoms with van der Waals surface area (Å²) in [7, 11) is 3.29. The van der Waals surface area contributed by atoms with Crippen molar-refractivity contribution in [2.45, 2.75) is 25.0 Å². The van der Waals surface area contributed by atoms with Crippen molar-refractivity contribution in [2.75, 3.05) is 27.2 Å². The number of nitrogens with zero attached hydrogens (tertiary/aromatic N) is 1. The number of likely N-dealkylation sites (N-methyl/N-ethyl adjacent to an activating group) is 1. The fourth-order valence-corrected chi connectivity index (χ4v) is 1.51. The van der Waals surface area contributed by atoms with Gasteiger partial charge in [0.25, 0.3) is 0 Å². The Balaban J connectivity index is 2.28. The van der Waals surface area contributed by atoms with Crippen molar-refractivity contribution in [3.8, 4) is 0 Å². The molecule has 1 heterocycles. The summed E-state index contributed by atoms with van der Waals surface area (Å²) in [6.07, 6.45) is 0.990. The number of carbonyl (C=O) groups excluding carboxylic acids is 2. The van der Waals surface area contributed by atoms with Crippen molar-refractivity contribution < 1.29 is 14.3 Å². The molecule has 0 aromatic carbocycles. The lowest BCUT2D eigenvalue weighted by atomic mass is 10.2. The van der Waals surface area contributed by atoms with E-state index in [0.29, 0.717) is 13.0 Å². The van der Waals surface area contributed by atoms with Crippen molar-refractivity contribution >= 4 is 11.8 Å². The van der Waals surface area contributed by atoms with E-state index in [9.17, 15) is 9.59 Å². The van der Waals surface area contributed by atoms with Crippen LogP contribution in [0, 0.1) is 0 Å². The SMILES string of the molecule is CN(C)C(=O)CNC(=O)C1CCC(CN)O1. The smallest absolute Gasteiger partial charge is 0.249 e. The summed E-state index contributed by atoms with van der Waals surface area (Å²) in [6, 6.07) is 0. The summed E-state index contributed by atoms with van der Waals surface area (Å²) < 4.78 is 5.40. The molecular weight excluding hydrogens is 210 g/mol. The van der Waals surface area contributed by atoms with Crippen LogP contribution in [0.4, 0.5) is 0 Å². The molecule has 1 aliphatic rings. The van der Waals surface area contributed by atoms with E-state index in [1.165, 1.54) is 4.90 Å². The zero-order valence-electron chi connectivity index (χ0n) is 9.73. The van der Waals surface area contributed by atoms with E-state index >= 15 is 0 Å². The van der Waals surface area contributed by atoms with Crippen LogP contribution < -0.4 is 11.1 Å². The van der Waals surface area contributed by atoms with Gasteiger partial charge < -0.3 is 20.7 Å². The molecule has 1 saturated heterocycles. The van der Waals surface area contributed by atoms with Gasteiger partial charge in [0.05, 0.1) is 12.6 Å². The van der Waals surface area contributed by atoms with Crippen molar-refractivity contribution in [2.24, 2.45) is 5.73 Å². The van der Waals surface area contributed by atoms with E-state index in [1.807, 2.05) is 0 Å². The number of ether oxygens (including phenoxy) is 1. The minimum Gasteiger partial charge on any atom is -0.364 e. The normalized spacial score (nSPS) is 24.2. The largest absolute Gasteiger partial charge is 0.364 e. The number of hydrogen-bond acceptors (Lipinski definition) is 4. The molecule has 3 N–H and O–H groups in total. The lowest BCUT2D eigenvalue weighted by Crippen LogP contribution is -2.41. The molecular formula is C10H19N3O3. The van der Waals surface area contributed by atoms with E-state index in [2.05, 4.69) is 5.32 Å². The maximum absolute atomic E-state index is 11.6. The predicted molar refractivity (Wildman–Crippen MR) is 58.7 cm³/mol. The number of nitrogens with one attached hydrogen (secondary N) is 1. The van der Waals surface area contributed by atoms with Crippen LogP contribution in [0.25, 0.3) is 0 Å². The summed E-state index contributed by atoms with van der Waals surface area (Å²) >= 11 is 0. The molecule has 6 nitrogen and oxygen atoms in total. The first-order valence-corrected chi connectivity index (χ1v) is 5.38. The first kappa shape index (κ1) is 12.9. The topological polar surface area (TPSA) is 84.7 Å². The van der Waals surface area contributed by atoms with Gasteiger partial charge in [0.2, 0.25) is 11.8 Å². The second-order valence-electron chi connectivity index (χ2n) is 4.07. The molecule has 2 atom stereocenters. The molecule has 92 valence electrons. The number of nitrogens with two attached hydrogens (primary N) is 1. The van der Waals surface area contributed by atoms with Gasteiger partial charge >= 0.3 is 0 Å². The van der Waals surface area contributed by atoms with Crippen molar-refractivity contribution in [3.05, 3.63) is 0 Å². The van der Waals surface area contributed by atoms with Gasteiger partial charge in [-0.15, -0.1) is 0 Å². The molecule has 1 rings (SSSR count). The highest BCUT2D eigenvalue weighted by atomic mass is 16.5. The second-order valence-corrected chi connectivity index (χ2v) is 4.07. The lowest BCUT2D eigenvalue weighted by Gasteiger charge is -2.14. The van der Waals surface area contributed by atoms with Gasteiger partial charge in [0.15, 0.2) is 0 Å². The Hall–Kier alpha value is -1.14. The molecule has 0 aromatic rings. The quantitative estimate of drug-likeness (QED) is 0.627. The molecule has 0 spiro atoms. The summed E-state index contributed by atoms with van der Waals surface area (Å²) in [5.74, 6) is -0.368. The third-order valence-corrected chi connectivity index (χ3v) is 2.58. The Kier molecular flexibility index (Phi) is 4.70. The Morgan fingerprint density at radius 3 is 2.62 bits per heavy atom. The highest BCUT2D eigenvalue weighted by molar-refractivity contribution is 5.86. The van der Waals surface area contributed by atoms with Crippen molar-refractivity contribution in [1.29, 1.82) is 0 Å². The van der Waals surface area contributed by atoms with E-state index in [4.69, 9.17) is 10.5 Å². The molecule has 6 heteroatoms. The maximum atomic E-state index is 11.6. The number of amides is 2. The summed E-state index contributed by atoms with van der Waals surface area (Å²) in [5.41, 5.74) is 5.44. The van der Waals surface area contributed by atoms with Crippen LogP contribution in [0.1, 0.15) is 12.8 Å². The van der Waals surface area contributed by atoms with Crippen LogP contribution in [-0.4, -0.2) is 56.1 Å². The first-order valence-electron chi connectivity index (χ1n) is 5.38. The Labute approximate surface area is 95.1 Å². The lowest BCUT2D eigenvalue weighted by molar-refractivity contribution is -0.135. The van der Waals surface area contributed by atoms with Gasteiger partial charge in [-0.1, -0.05) is 0 Å². The molecule has 1 fully saturated rings. The van der Waals surface area contributed by atoms with Gasteiger partial charge in [-0.3, -0.25) is 9.59 Å². The molecule has 0 aliphatic carbocycles. The van der Waals surface area contributed by atoms with Crippen LogP contribution in [0.3, 0.4) is 0 Å². The number of carbonyl (C=O) groups is 2. The van der Waals surface area contributed by atoms with Gasteiger partial charge in [-0.25, -0.2) is 0 Å². The van der Waals surface area contributed by atoms with E-state index in [1.54, 1.807) is 14.1 Å². The highest BCUT2D eigenvalue weighted by Gasteiger charge is 2.29. The first-order chi connectivity index (χ1) is 7.54. The number of hydrogen-bond donors (Lipinski definition) is 2. The molecule has 2 unspecified atom stereocenters. The van der Waals surface area contributed by atoms with Crippen LogP contribution in [0.5, 0.6) is 0 Å². The third-order valence-electron chi connectivity index (χ3n) is 2.58. The minimum atomic E-state index is -0.455. The van der Waals surface area contributed by atoms with Crippen LogP contribution >= 0.6 is 0 Å². The summed E-state index contributed by atoms with van der Waals surface area (Å²) in [5, 5.41) is 2.55. The van der Waals surface area contributed by atoms with E-state index in [0.717, 1.165) is 6.42 Å². The van der Waals surface area contributed by atoms with Crippen LogP contribution in [0.15, 0.2) is 0 Å². The monoisotopic (exact) mass is 229 g/mol. The van der Waals surface area contributed by atoms with Crippen LogP contribution in [-0.2, 0) is 14.3 Å². The fraction of sp³-hybridized carbons (Fsp3) is 0.800. The second kappa shape index (κ2) is 5.81. The van der Waals surface area contributed by atoms with Gasteiger partial charge in [-0.2, -0.15) is 0 Å². The molecule has 0 aromatic heterocycles. The predicted octanol–water partition coefficient (Wildman–Crippen LogP) is -1.30. The van der Waals surface area contributed by atoms with Gasteiger partial charge in [0, 0.05) is 20.6 Å². The average Bonchev–Trinajstić information content (AvgIpc) is 2.73. The number of rotatable bonds is 4. The van der Waals surface area contributed by atoms with Crippen molar-refractivity contribution in [1.82, 2.24) is 10.2 Å². The molecule has 0 saturated carbocycles. The molecule has 0 radical (unpaired) electrons. The van der Waals surface area contributed by atoms with Crippen LogP contribution in [0.2, 0.25) is 0 Å². The molecule has 0 bridgehead atoms. The van der Waals surface area contributed by atoms with Gasteiger partial charge in [0.1, 0.15) is 6.10 Å².